The van der Waals surface area contributed by atoms with E-state index in [1.54, 1.807) is 19.2 Å². The van der Waals surface area contributed by atoms with E-state index < -0.39 is 5.54 Å². The van der Waals surface area contributed by atoms with Gasteiger partial charge in [-0.25, -0.2) is 6.57 Å². The zero-order chi connectivity index (χ0) is 15.6. The Kier molecular flexibility index (Phi) is 3.77. The van der Waals surface area contributed by atoms with E-state index in [0.717, 1.165) is 42.1 Å². The summed E-state index contributed by atoms with van der Waals surface area (Å²) in [6.07, 6.45) is 6.70. The van der Waals surface area contributed by atoms with Crippen LogP contribution in [0.15, 0.2) is 48.2 Å². The third-order valence-electron chi connectivity index (χ3n) is 4.49. The van der Waals surface area contributed by atoms with Gasteiger partial charge in [-0.1, -0.05) is 23.8 Å². The van der Waals surface area contributed by atoms with Crippen molar-refractivity contribution in [1.82, 2.24) is 4.98 Å². The van der Waals surface area contributed by atoms with E-state index in [4.69, 9.17) is 6.57 Å². The summed E-state index contributed by atoms with van der Waals surface area (Å²) in [5.74, 6) is 0.0969. The Labute approximate surface area is 130 Å². The molecular weight excluding hydrogens is 272 g/mol. The Morgan fingerprint density at radius 3 is 2.68 bits per heavy atom. The lowest BCUT2D eigenvalue weighted by atomic mass is 9.74. The van der Waals surface area contributed by atoms with E-state index in [0.29, 0.717) is 0 Å². The molecule has 3 nitrogen and oxygen atoms in total. The first kappa shape index (κ1) is 14.5. The molecule has 0 atom stereocenters. The summed E-state index contributed by atoms with van der Waals surface area (Å²) in [6.45, 7) is 9.37. The summed E-state index contributed by atoms with van der Waals surface area (Å²) in [4.78, 5) is 19.7. The molecule has 0 radical (unpaired) electrons. The van der Waals surface area contributed by atoms with E-state index in [9.17, 15) is 4.79 Å². The number of carbonyl (C=O) groups is 1. The van der Waals surface area contributed by atoms with Crippen molar-refractivity contribution in [3.8, 4) is 0 Å². The summed E-state index contributed by atoms with van der Waals surface area (Å²) >= 11 is 0. The van der Waals surface area contributed by atoms with Crippen LogP contribution >= 0.6 is 0 Å². The van der Waals surface area contributed by atoms with Crippen molar-refractivity contribution < 1.29 is 4.79 Å². The smallest absolute Gasteiger partial charge is 0.258 e. The second-order valence-electron chi connectivity index (χ2n) is 5.93. The highest BCUT2D eigenvalue weighted by molar-refractivity contribution is 5.88. The van der Waals surface area contributed by atoms with Crippen LogP contribution in [0.2, 0.25) is 0 Å². The highest BCUT2D eigenvalue weighted by atomic mass is 16.1. The average molecular weight is 290 g/mol. The summed E-state index contributed by atoms with van der Waals surface area (Å²) in [5, 5.41) is 1.07. The summed E-state index contributed by atoms with van der Waals surface area (Å²) in [7, 11) is 0. The number of fused-ring (bicyclic) bond motifs is 1. The molecule has 0 saturated heterocycles. The molecule has 1 aromatic carbocycles. The van der Waals surface area contributed by atoms with Gasteiger partial charge in [0.25, 0.3) is 5.54 Å². The molecule has 1 aliphatic carbocycles. The van der Waals surface area contributed by atoms with Gasteiger partial charge in [-0.3, -0.25) is 9.78 Å². The van der Waals surface area contributed by atoms with Crippen molar-refractivity contribution in [2.75, 3.05) is 0 Å². The molecule has 1 fully saturated rings. The van der Waals surface area contributed by atoms with E-state index in [-0.39, 0.29) is 5.78 Å². The van der Waals surface area contributed by atoms with Gasteiger partial charge < -0.3 is 4.85 Å². The molecule has 0 unspecified atom stereocenters. The minimum atomic E-state index is -0.489. The predicted molar refractivity (Wildman–Crippen MR) is 87.3 cm³/mol. The molecular formula is C19H18N2O. The summed E-state index contributed by atoms with van der Waals surface area (Å²) < 4.78 is 0. The monoisotopic (exact) mass is 290 g/mol. The van der Waals surface area contributed by atoms with Crippen LogP contribution in [0.25, 0.3) is 15.7 Å². The topological polar surface area (TPSA) is 34.3 Å². The van der Waals surface area contributed by atoms with Gasteiger partial charge in [0.05, 0.1) is 5.52 Å². The van der Waals surface area contributed by atoms with Gasteiger partial charge in [0.15, 0.2) is 5.78 Å². The molecule has 0 amide bonds. The van der Waals surface area contributed by atoms with Crippen molar-refractivity contribution in [1.29, 1.82) is 0 Å². The minimum absolute atomic E-state index is 0.0969. The number of pyridine rings is 1. The van der Waals surface area contributed by atoms with Crippen LogP contribution in [0.3, 0.4) is 0 Å². The molecule has 1 aromatic heterocycles. The lowest BCUT2D eigenvalue weighted by molar-refractivity contribution is -0.112. The quantitative estimate of drug-likeness (QED) is 0.605. The summed E-state index contributed by atoms with van der Waals surface area (Å²) in [6, 6.07) is 9.99. The number of carbonyl (C=O) groups excluding carboxylic acids is 1. The van der Waals surface area contributed by atoms with Gasteiger partial charge in [0.2, 0.25) is 0 Å². The number of nitrogens with zero attached hydrogens (tertiary/aromatic N) is 2. The Morgan fingerprint density at radius 1 is 1.27 bits per heavy atom. The molecule has 3 heteroatoms. The molecule has 1 heterocycles. The third-order valence-corrected chi connectivity index (χ3v) is 4.49. The van der Waals surface area contributed by atoms with Gasteiger partial charge in [-0.05, 0) is 38.0 Å². The Balaban J connectivity index is 2.02. The zero-order valence-corrected chi connectivity index (χ0v) is 12.7. The van der Waals surface area contributed by atoms with E-state index >= 15 is 0 Å². The fraction of sp³-hybridized carbons (Fsp3) is 0.316. The molecule has 1 aliphatic rings. The molecule has 0 N–H and O–H groups in total. The summed E-state index contributed by atoms with van der Waals surface area (Å²) in [5.41, 5.74) is 2.70. The SMILES string of the molecule is [C-]#[N+]C1(c2ccnc3ccccc23)CCC(=CC(C)=O)CC1. The molecule has 22 heavy (non-hydrogen) atoms. The second kappa shape index (κ2) is 5.73. The Morgan fingerprint density at radius 2 is 2.00 bits per heavy atom. The molecule has 1 saturated carbocycles. The maximum Gasteiger partial charge on any atom is 0.258 e. The highest BCUT2D eigenvalue weighted by Gasteiger charge is 2.42. The van der Waals surface area contributed by atoms with Crippen LogP contribution in [0, 0.1) is 6.57 Å². The maximum atomic E-state index is 11.2. The molecule has 2 aromatic rings. The van der Waals surface area contributed by atoms with Crippen LogP contribution < -0.4 is 0 Å². The number of para-hydroxylation sites is 1. The van der Waals surface area contributed by atoms with Gasteiger partial charge in [-0.15, -0.1) is 0 Å². The molecule has 3 rings (SSSR count). The third kappa shape index (κ3) is 2.53. The van der Waals surface area contributed by atoms with Crippen molar-refractivity contribution in [3.63, 3.8) is 0 Å². The average Bonchev–Trinajstić information content (AvgIpc) is 2.55. The second-order valence-corrected chi connectivity index (χ2v) is 5.93. The first-order valence-corrected chi connectivity index (χ1v) is 7.57. The van der Waals surface area contributed by atoms with Gasteiger partial charge in [-0.2, -0.15) is 0 Å². The fourth-order valence-corrected chi connectivity index (χ4v) is 3.36. The number of hydrogen-bond acceptors (Lipinski definition) is 2. The number of hydrogen-bond donors (Lipinski definition) is 0. The predicted octanol–water partition coefficient (Wildman–Crippen LogP) is 4.44. The van der Waals surface area contributed by atoms with E-state index in [1.807, 2.05) is 30.3 Å². The van der Waals surface area contributed by atoms with E-state index in [2.05, 4.69) is 9.83 Å². The number of allylic oxidation sites excluding steroid dienone is 2. The lowest BCUT2D eigenvalue weighted by Gasteiger charge is -2.28. The van der Waals surface area contributed by atoms with Crippen molar-refractivity contribution >= 4 is 16.7 Å². The molecule has 0 bridgehead atoms. The largest absolute Gasteiger partial charge is 0.305 e. The fourth-order valence-electron chi connectivity index (χ4n) is 3.36. The van der Waals surface area contributed by atoms with Crippen molar-refractivity contribution in [3.05, 3.63) is 65.2 Å². The van der Waals surface area contributed by atoms with Gasteiger partial charge in [0, 0.05) is 30.0 Å². The van der Waals surface area contributed by atoms with Gasteiger partial charge in [0.1, 0.15) is 0 Å². The highest BCUT2D eigenvalue weighted by Crippen LogP contribution is 2.44. The van der Waals surface area contributed by atoms with Gasteiger partial charge >= 0.3 is 0 Å². The first-order chi connectivity index (χ1) is 10.6. The number of rotatable bonds is 2. The minimum Gasteiger partial charge on any atom is -0.305 e. The standard InChI is InChI=1S/C19H18N2O/c1-14(22)13-15-7-10-19(20-2,11-8-15)17-9-12-21-18-6-4-3-5-16(17)18/h3-6,9,12-13H,7-8,10-11H2,1H3. The van der Waals surface area contributed by atoms with Crippen molar-refractivity contribution in [2.45, 2.75) is 38.1 Å². The maximum absolute atomic E-state index is 11.2. The number of aromatic nitrogens is 1. The number of ketones is 1. The normalized spacial score (nSPS) is 21.4. The van der Waals surface area contributed by atoms with Crippen LogP contribution in [-0.2, 0) is 10.3 Å². The Bertz CT molecular complexity index is 783. The van der Waals surface area contributed by atoms with Crippen LogP contribution in [0.5, 0.6) is 0 Å². The molecule has 0 spiro atoms. The molecule has 0 aliphatic heterocycles. The zero-order valence-electron chi connectivity index (χ0n) is 12.7. The van der Waals surface area contributed by atoms with Crippen LogP contribution in [0.4, 0.5) is 0 Å². The van der Waals surface area contributed by atoms with Crippen molar-refractivity contribution in [2.24, 2.45) is 0 Å². The number of benzene rings is 1. The first-order valence-electron chi connectivity index (χ1n) is 7.57. The van der Waals surface area contributed by atoms with Crippen LogP contribution in [-0.4, -0.2) is 10.8 Å². The molecule has 110 valence electrons. The van der Waals surface area contributed by atoms with Crippen LogP contribution in [0.1, 0.15) is 38.2 Å². The van der Waals surface area contributed by atoms with E-state index in [1.165, 1.54) is 5.57 Å². The lowest BCUT2D eigenvalue weighted by Crippen LogP contribution is -2.26. The Hall–Kier alpha value is -2.47.